The molecular weight excluding hydrogens is 207 g/mol. The van der Waals surface area contributed by atoms with E-state index in [9.17, 15) is 4.79 Å². The summed E-state index contributed by atoms with van der Waals surface area (Å²) in [5, 5.41) is 0. The molecule has 5 heteroatoms. The molecule has 0 radical (unpaired) electrons. The highest BCUT2D eigenvalue weighted by molar-refractivity contribution is 6.54. The van der Waals surface area contributed by atoms with E-state index in [1.165, 1.54) is 0 Å². The van der Waals surface area contributed by atoms with Crippen molar-refractivity contribution in [2.75, 3.05) is 6.56 Å². The van der Waals surface area contributed by atoms with Gasteiger partial charge in [0.05, 0.1) is 21.9 Å². The summed E-state index contributed by atoms with van der Waals surface area (Å²) in [5.41, 5.74) is -1.93. The molecule has 0 bridgehead atoms. The molecular formula is C11H17BO4. The molecule has 0 spiro atoms. The summed E-state index contributed by atoms with van der Waals surface area (Å²) < 4.78 is 53.9. The first-order chi connectivity index (χ1) is 9.23. The molecule has 0 aromatic rings. The molecule has 1 saturated heterocycles. The zero-order chi connectivity index (χ0) is 16.4. The van der Waals surface area contributed by atoms with Crippen molar-refractivity contribution in [3.05, 3.63) is 11.7 Å². The maximum Gasteiger partial charge on any atom is 0.532 e. The van der Waals surface area contributed by atoms with Crippen molar-refractivity contribution in [2.24, 2.45) is 0 Å². The van der Waals surface area contributed by atoms with E-state index < -0.39 is 48.7 Å². The normalized spacial score (nSPS) is 39.1. The van der Waals surface area contributed by atoms with Gasteiger partial charge in [-0.1, -0.05) is 0 Å². The van der Waals surface area contributed by atoms with Crippen LogP contribution in [-0.4, -0.2) is 30.7 Å². The molecule has 0 unspecified atom stereocenters. The highest BCUT2D eigenvalue weighted by atomic mass is 16.7. The Balaban J connectivity index is 2.42. The first-order valence-corrected chi connectivity index (χ1v) is 5.03. The summed E-state index contributed by atoms with van der Waals surface area (Å²) >= 11 is 0. The zero-order valence-electron chi connectivity index (χ0n) is 14.7. The largest absolute Gasteiger partial charge is 0.532 e. The maximum atomic E-state index is 11.9. The van der Waals surface area contributed by atoms with Crippen molar-refractivity contribution in [1.82, 2.24) is 0 Å². The molecule has 0 saturated carbocycles. The summed E-state index contributed by atoms with van der Waals surface area (Å²) in [6.07, 6.45) is -2.93. The van der Waals surface area contributed by atoms with Crippen LogP contribution in [0.1, 0.15) is 40.9 Å². The summed E-state index contributed by atoms with van der Waals surface area (Å²) in [4.78, 5) is 11.9. The van der Waals surface area contributed by atoms with Crippen molar-refractivity contribution < 1.29 is 25.7 Å². The minimum Gasteiger partial charge on any atom is -0.501 e. The fourth-order valence-corrected chi connectivity index (χ4v) is 1.35. The van der Waals surface area contributed by atoms with E-state index in [1.54, 1.807) is 27.7 Å². The number of allylic oxidation sites excluding steroid dienone is 1. The second-order valence-corrected chi connectivity index (χ2v) is 4.74. The molecule has 0 amide bonds. The van der Waals surface area contributed by atoms with E-state index in [1.807, 2.05) is 0 Å². The molecule has 0 N–H and O–H groups in total. The Kier molecular flexibility index (Phi) is 1.53. The number of hydrogen-bond acceptors (Lipinski definition) is 4. The lowest BCUT2D eigenvalue weighted by Gasteiger charge is -2.32. The lowest BCUT2D eigenvalue weighted by molar-refractivity contribution is -0.116. The molecule has 2 heterocycles. The van der Waals surface area contributed by atoms with Crippen molar-refractivity contribution in [2.45, 2.75) is 45.3 Å². The average Bonchev–Trinajstić information content (AvgIpc) is 2.51. The van der Waals surface area contributed by atoms with E-state index in [0.29, 0.717) is 0 Å². The van der Waals surface area contributed by atoms with Gasteiger partial charge in [0.25, 0.3) is 0 Å². The molecule has 16 heavy (non-hydrogen) atoms. The van der Waals surface area contributed by atoms with Gasteiger partial charge in [0.15, 0.2) is 5.78 Å². The third-order valence-corrected chi connectivity index (χ3v) is 3.03. The fourth-order valence-electron chi connectivity index (χ4n) is 1.35. The molecule has 0 aliphatic carbocycles. The Hall–Kier alpha value is -0.805. The van der Waals surface area contributed by atoms with Crippen molar-refractivity contribution in [3.8, 4) is 0 Å². The maximum absolute atomic E-state index is 11.9. The first kappa shape index (κ1) is 6.82. The summed E-state index contributed by atoms with van der Waals surface area (Å²) in [5.74, 6) is -1.29. The Labute approximate surface area is 103 Å². The van der Waals surface area contributed by atoms with E-state index >= 15 is 0 Å². The van der Waals surface area contributed by atoms with Gasteiger partial charge in [-0.15, -0.1) is 0 Å². The number of carbonyl (C=O) groups is 1. The van der Waals surface area contributed by atoms with Crippen molar-refractivity contribution >= 4 is 12.9 Å². The molecule has 88 valence electrons. The third-order valence-electron chi connectivity index (χ3n) is 3.03. The average molecular weight is 229 g/mol. The van der Waals surface area contributed by atoms with Crippen LogP contribution in [-0.2, 0) is 18.8 Å². The second kappa shape index (κ2) is 3.60. The quantitative estimate of drug-likeness (QED) is 0.639. The molecule has 0 aromatic heterocycles. The molecule has 4 nitrogen and oxygen atoms in total. The Morgan fingerprint density at radius 2 is 1.94 bits per heavy atom. The van der Waals surface area contributed by atoms with Crippen LogP contribution in [0, 0.1) is 0 Å². The van der Waals surface area contributed by atoms with Crippen LogP contribution in [0.5, 0.6) is 0 Å². The van der Waals surface area contributed by atoms with Gasteiger partial charge >= 0.3 is 7.12 Å². The van der Waals surface area contributed by atoms with Crippen LogP contribution in [0.15, 0.2) is 11.7 Å². The minimum atomic E-state index is -2.93. The van der Waals surface area contributed by atoms with Gasteiger partial charge in [-0.25, -0.2) is 0 Å². The van der Waals surface area contributed by atoms with Crippen LogP contribution in [0.25, 0.3) is 0 Å². The number of hydrogen-bond donors (Lipinski definition) is 0. The lowest BCUT2D eigenvalue weighted by atomic mass is 9.84. The summed E-state index contributed by atoms with van der Waals surface area (Å²) in [6, 6.07) is -0.770. The van der Waals surface area contributed by atoms with Gasteiger partial charge in [-0.3, -0.25) is 4.79 Å². The van der Waals surface area contributed by atoms with Crippen LogP contribution in [0.2, 0.25) is 0 Å². The van der Waals surface area contributed by atoms with Gasteiger partial charge in [-0.2, -0.15) is 0 Å². The van der Waals surface area contributed by atoms with E-state index in [-0.39, 0.29) is 0 Å². The number of rotatable bonds is 1. The molecule has 2 rings (SSSR count). The fraction of sp³-hybridized carbons (Fsp3) is 0.727. The van der Waals surface area contributed by atoms with E-state index in [2.05, 4.69) is 0 Å². The van der Waals surface area contributed by atoms with Gasteiger partial charge in [-0.05, 0) is 27.7 Å². The third kappa shape index (κ3) is 1.89. The molecule has 2 aliphatic heterocycles. The zero-order valence-corrected chi connectivity index (χ0v) is 9.71. The minimum absolute atomic E-state index is 0.432. The predicted molar refractivity (Wildman–Crippen MR) is 59.7 cm³/mol. The molecule has 2 aliphatic rings. The van der Waals surface area contributed by atoms with Gasteiger partial charge in [0.2, 0.25) is 0 Å². The number of ketones is 1. The molecule has 0 atom stereocenters. The Bertz CT molecular complexity index is 513. The number of ether oxygens (including phenoxy) is 1. The van der Waals surface area contributed by atoms with Gasteiger partial charge < -0.3 is 14.0 Å². The van der Waals surface area contributed by atoms with Crippen LogP contribution >= 0.6 is 0 Å². The van der Waals surface area contributed by atoms with Gasteiger partial charge in [0.1, 0.15) is 5.66 Å². The highest BCUT2D eigenvalue weighted by Gasteiger charge is 2.53. The molecule has 1 fully saturated rings. The Morgan fingerprint density at radius 1 is 1.38 bits per heavy atom. The SMILES string of the molecule is [2H]C1=C(B2OC(C)(C)C(C)(C)O2)OC([2H])([2H])C([2H])([2H])C1=O. The Morgan fingerprint density at radius 3 is 2.50 bits per heavy atom. The van der Waals surface area contributed by atoms with Crippen LogP contribution < -0.4 is 0 Å². The predicted octanol–water partition coefficient (Wildman–Crippen LogP) is 1.49. The lowest BCUT2D eigenvalue weighted by Crippen LogP contribution is -2.41. The van der Waals surface area contributed by atoms with Crippen LogP contribution in [0.4, 0.5) is 0 Å². The smallest absolute Gasteiger partial charge is 0.501 e. The first-order valence-electron chi connectivity index (χ1n) is 7.53. The summed E-state index contributed by atoms with van der Waals surface area (Å²) in [7, 11) is -1.22. The second-order valence-electron chi connectivity index (χ2n) is 4.74. The molecule has 0 aromatic carbocycles. The van der Waals surface area contributed by atoms with E-state index in [4.69, 9.17) is 20.9 Å². The van der Waals surface area contributed by atoms with Gasteiger partial charge in [0, 0.05) is 15.2 Å². The topological polar surface area (TPSA) is 44.8 Å². The van der Waals surface area contributed by atoms with Crippen molar-refractivity contribution in [1.29, 1.82) is 0 Å². The van der Waals surface area contributed by atoms with Crippen molar-refractivity contribution in [3.63, 3.8) is 0 Å². The highest BCUT2D eigenvalue weighted by Crippen LogP contribution is 2.38. The monoisotopic (exact) mass is 229 g/mol. The van der Waals surface area contributed by atoms with E-state index in [0.717, 1.165) is 0 Å². The van der Waals surface area contributed by atoms with Crippen LogP contribution in [0.3, 0.4) is 0 Å². The standard InChI is InChI=1S/C11H17BO4/c1-10(2)11(3,4)16-12(15-10)9-7-8(13)5-6-14-9/h7H,5-6H2,1-4H3/i5D2,6D2,7D. The summed E-state index contributed by atoms with van der Waals surface area (Å²) in [6.45, 7) is 4.14. The number of carbonyl (C=O) groups excluding carboxylic acids is 1.